The van der Waals surface area contributed by atoms with E-state index in [0.717, 1.165) is 60.2 Å². The summed E-state index contributed by atoms with van der Waals surface area (Å²) in [7, 11) is 1.69. The highest BCUT2D eigenvalue weighted by Gasteiger charge is 2.22. The average molecular weight is 432 g/mol. The van der Waals surface area contributed by atoms with E-state index in [4.69, 9.17) is 14.2 Å². The second kappa shape index (κ2) is 9.57. The Morgan fingerprint density at radius 2 is 1.88 bits per heavy atom. The molecular formula is C26H29N3O3. The van der Waals surface area contributed by atoms with Crippen LogP contribution in [0.2, 0.25) is 0 Å². The van der Waals surface area contributed by atoms with Crippen LogP contribution in [-0.4, -0.2) is 41.9 Å². The molecule has 0 unspecified atom stereocenters. The fourth-order valence-electron chi connectivity index (χ4n) is 4.72. The molecule has 2 aliphatic heterocycles. The summed E-state index contributed by atoms with van der Waals surface area (Å²) in [4.78, 5) is 11.2. The molecule has 5 rings (SSSR count). The highest BCUT2D eigenvalue weighted by atomic mass is 16.7. The number of fused-ring (bicyclic) bond motifs is 1. The van der Waals surface area contributed by atoms with Crippen molar-refractivity contribution in [3.63, 3.8) is 0 Å². The monoisotopic (exact) mass is 431 g/mol. The van der Waals surface area contributed by atoms with Gasteiger partial charge in [0.15, 0.2) is 11.5 Å². The number of piperidine rings is 1. The molecular weight excluding hydrogens is 402 g/mol. The molecule has 1 aromatic carbocycles. The molecule has 0 bridgehead atoms. The van der Waals surface area contributed by atoms with Crippen LogP contribution in [0.4, 0.5) is 0 Å². The summed E-state index contributed by atoms with van der Waals surface area (Å²) < 4.78 is 16.7. The molecule has 2 aliphatic rings. The molecule has 0 saturated carbocycles. The zero-order valence-electron chi connectivity index (χ0n) is 18.5. The second-order valence-corrected chi connectivity index (χ2v) is 8.54. The first kappa shape index (κ1) is 20.8. The summed E-state index contributed by atoms with van der Waals surface area (Å²) in [6.45, 7) is 3.39. The Morgan fingerprint density at radius 1 is 1.03 bits per heavy atom. The van der Waals surface area contributed by atoms with Gasteiger partial charge >= 0.3 is 0 Å². The van der Waals surface area contributed by atoms with Crippen LogP contribution in [0.3, 0.4) is 0 Å². The largest absolute Gasteiger partial charge is 0.481 e. The Labute approximate surface area is 189 Å². The van der Waals surface area contributed by atoms with Gasteiger partial charge < -0.3 is 14.2 Å². The third-order valence-electron chi connectivity index (χ3n) is 6.53. The maximum absolute atomic E-state index is 5.66. The van der Waals surface area contributed by atoms with Crippen LogP contribution in [0.25, 0.3) is 11.1 Å². The van der Waals surface area contributed by atoms with Crippen LogP contribution in [0.5, 0.6) is 17.4 Å². The molecule has 1 saturated heterocycles. The molecule has 0 amide bonds. The fraction of sp³-hybridized carbons (Fsp3) is 0.385. The summed E-state index contributed by atoms with van der Waals surface area (Å²) in [5, 5.41) is 0. The van der Waals surface area contributed by atoms with Crippen molar-refractivity contribution >= 4 is 0 Å². The van der Waals surface area contributed by atoms with Crippen LogP contribution in [0.15, 0.2) is 55.0 Å². The first-order valence-electron chi connectivity index (χ1n) is 11.3. The van der Waals surface area contributed by atoms with Crippen LogP contribution in [-0.2, 0) is 13.0 Å². The number of methoxy groups -OCH3 is 1. The lowest BCUT2D eigenvalue weighted by Gasteiger charge is -2.32. The molecule has 166 valence electrons. The van der Waals surface area contributed by atoms with Gasteiger partial charge in [-0.3, -0.25) is 9.88 Å². The lowest BCUT2D eigenvalue weighted by molar-refractivity contribution is 0.168. The van der Waals surface area contributed by atoms with E-state index in [2.05, 4.69) is 33.1 Å². The third-order valence-corrected chi connectivity index (χ3v) is 6.53. The molecule has 0 radical (unpaired) electrons. The maximum atomic E-state index is 5.66. The van der Waals surface area contributed by atoms with E-state index in [1.165, 1.54) is 24.8 Å². The number of nitrogens with zero attached hydrogens (tertiary/aromatic N) is 3. The van der Waals surface area contributed by atoms with Gasteiger partial charge in [-0.15, -0.1) is 0 Å². The standard InChI is InChI=1S/C26H29N3O3/c1-30-26-23(15-22(16-28-26)20-7-11-27-12-8-20)17-29-13-9-19(10-14-29)5-6-21-3-2-4-24-25(21)32-18-31-24/h2-4,7-8,11-12,15-16,19H,5-6,9-10,13-14,17-18H2,1H3. The van der Waals surface area contributed by atoms with Crippen molar-refractivity contribution in [2.75, 3.05) is 27.0 Å². The van der Waals surface area contributed by atoms with Gasteiger partial charge in [0, 0.05) is 36.3 Å². The number of hydrogen-bond acceptors (Lipinski definition) is 6. The fourth-order valence-corrected chi connectivity index (χ4v) is 4.72. The van der Waals surface area contributed by atoms with Crippen LogP contribution in [0.1, 0.15) is 30.4 Å². The summed E-state index contributed by atoms with van der Waals surface area (Å²) in [6.07, 6.45) is 10.2. The Hall–Kier alpha value is -3.12. The van der Waals surface area contributed by atoms with Gasteiger partial charge in [0.2, 0.25) is 12.7 Å². The minimum Gasteiger partial charge on any atom is -0.481 e. The van der Waals surface area contributed by atoms with E-state index < -0.39 is 0 Å². The van der Waals surface area contributed by atoms with E-state index in [1.54, 1.807) is 7.11 Å². The minimum absolute atomic E-state index is 0.339. The quantitative estimate of drug-likeness (QED) is 0.539. The van der Waals surface area contributed by atoms with Gasteiger partial charge in [0.1, 0.15) is 0 Å². The number of hydrogen-bond donors (Lipinski definition) is 0. The average Bonchev–Trinajstić information content (AvgIpc) is 3.34. The van der Waals surface area contributed by atoms with Crippen LogP contribution >= 0.6 is 0 Å². The molecule has 4 heterocycles. The number of likely N-dealkylation sites (tertiary alicyclic amines) is 1. The minimum atomic E-state index is 0.339. The highest BCUT2D eigenvalue weighted by Crippen LogP contribution is 2.37. The first-order valence-corrected chi connectivity index (χ1v) is 11.3. The van der Waals surface area contributed by atoms with Crippen molar-refractivity contribution in [3.05, 3.63) is 66.1 Å². The zero-order valence-corrected chi connectivity index (χ0v) is 18.5. The molecule has 0 atom stereocenters. The summed E-state index contributed by atoms with van der Waals surface area (Å²) in [5.74, 6) is 3.28. The van der Waals surface area contributed by atoms with Crippen molar-refractivity contribution in [2.45, 2.75) is 32.2 Å². The second-order valence-electron chi connectivity index (χ2n) is 8.54. The van der Waals surface area contributed by atoms with Crippen molar-refractivity contribution in [1.82, 2.24) is 14.9 Å². The molecule has 3 aromatic rings. The van der Waals surface area contributed by atoms with Gasteiger partial charge in [0.25, 0.3) is 0 Å². The van der Waals surface area contributed by atoms with Crippen LogP contribution in [0, 0.1) is 5.92 Å². The van der Waals surface area contributed by atoms with Crippen LogP contribution < -0.4 is 14.2 Å². The van der Waals surface area contributed by atoms with Gasteiger partial charge in [-0.25, -0.2) is 4.98 Å². The van der Waals surface area contributed by atoms with Gasteiger partial charge in [-0.05, 0) is 80.1 Å². The Morgan fingerprint density at radius 3 is 2.69 bits per heavy atom. The van der Waals surface area contributed by atoms with Crippen molar-refractivity contribution < 1.29 is 14.2 Å². The Kier molecular flexibility index (Phi) is 6.21. The molecule has 0 aliphatic carbocycles. The van der Waals surface area contributed by atoms with E-state index >= 15 is 0 Å². The topological polar surface area (TPSA) is 56.7 Å². The SMILES string of the molecule is COc1ncc(-c2ccncc2)cc1CN1CCC(CCc2cccc3c2OCO3)CC1. The number of pyridine rings is 2. The number of aromatic nitrogens is 2. The van der Waals surface area contributed by atoms with E-state index in [9.17, 15) is 0 Å². The highest BCUT2D eigenvalue weighted by molar-refractivity contribution is 5.63. The Balaban J connectivity index is 1.18. The molecule has 6 heteroatoms. The normalized spacial score (nSPS) is 16.3. The molecule has 32 heavy (non-hydrogen) atoms. The third kappa shape index (κ3) is 4.55. The summed E-state index contributed by atoms with van der Waals surface area (Å²) >= 11 is 0. The van der Waals surface area contributed by atoms with E-state index in [-0.39, 0.29) is 0 Å². The molecule has 2 aromatic heterocycles. The van der Waals surface area contributed by atoms with E-state index in [1.807, 2.05) is 36.8 Å². The first-order chi connectivity index (χ1) is 15.8. The lowest BCUT2D eigenvalue weighted by atomic mass is 9.90. The maximum Gasteiger partial charge on any atom is 0.231 e. The lowest BCUT2D eigenvalue weighted by Crippen LogP contribution is -2.33. The number of aryl methyl sites for hydroxylation is 1. The molecule has 1 fully saturated rings. The van der Waals surface area contributed by atoms with Crippen molar-refractivity contribution in [2.24, 2.45) is 5.92 Å². The molecule has 0 spiro atoms. The van der Waals surface area contributed by atoms with Crippen molar-refractivity contribution in [1.29, 1.82) is 0 Å². The predicted molar refractivity (Wildman–Crippen MR) is 123 cm³/mol. The number of para-hydroxylation sites is 1. The van der Waals surface area contributed by atoms with E-state index in [0.29, 0.717) is 12.7 Å². The number of benzene rings is 1. The summed E-state index contributed by atoms with van der Waals surface area (Å²) in [5.41, 5.74) is 4.62. The van der Waals surface area contributed by atoms with Gasteiger partial charge in [-0.1, -0.05) is 12.1 Å². The molecule has 6 nitrogen and oxygen atoms in total. The van der Waals surface area contributed by atoms with Crippen molar-refractivity contribution in [3.8, 4) is 28.5 Å². The zero-order chi connectivity index (χ0) is 21.8. The Bertz CT molecular complexity index is 1050. The number of rotatable bonds is 7. The van der Waals surface area contributed by atoms with Gasteiger partial charge in [-0.2, -0.15) is 0 Å². The smallest absolute Gasteiger partial charge is 0.231 e. The predicted octanol–water partition coefficient (Wildman–Crippen LogP) is 4.73. The van der Waals surface area contributed by atoms with Gasteiger partial charge in [0.05, 0.1) is 7.11 Å². The molecule has 0 N–H and O–H groups in total. The number of ether oxygens (including phenoxy) is 3. The summed E-state index contributed by atoms with van der Waals surface area (Å²) in [6, 6.07) is 12.4.